The number of hydrogen-bond acceptors (Lipinski definition) is 5. The van der Waals surface area contributed by atoms with Crippen LogP contribution in [0.4, 0.5) is 0 Å². The molecule has 0 saturated carbocycles. The first kappa shape index (κ1) is 13.8. The number of nitrogens with two attached hydrogens (primary N) is 1. The maximum atomic E-state index is 11.4. The van der Waals surface area contributed by atoms with Gasteiger partial charge >= 0.3 is 5.97 Å². The van der Waals surface area contributed by atoms with E-state index in [4.69, 9.17) is 15.2 Å². The van der Waals surface area contributed by atoms with E-state index >= 15 is 0 Å². The molecule has 0 aliphatic rings. The Kier molecular flexibility index (Phi) is 4.77. The molecule has 0 heterocycles. The highest BCUT2D eigenvalue weighted by molar-refractivity contribution is 9.10. The van der Waals surface area contributed by atoms with Gasteiger partial charge in [0.1, 0.15) is 22.0 Å². The highest BCUT2D eigenvalue weighted by atomic mass is 79.9. The van der Waals surface area contributed by atoms with Crippen LogP contribution in [0.1, 0.15) is 11.6 Å². The molecule has 0 unspecified atom stereocenters. The number of esters is 1. The Hall–Kier alpha value is -1.27. The maximum absolute atomic E-state index is 11.4. The van der Waals surface area contributed by atoms with E-state index in [1.165, 1.54) is 21.3 Å². The molecule has 6 heteroatoms. The number of carbonyl (C=O) groups excluding carboxylic acids is 1. The predicted octanol–water partition coefficient (Wildman–Crippen LogP) is 1.64. The number of hydrogen-bond donors (Lipinski definition) is 1. The minimum Gasteiger partial charge on any atom is -0.495 e. The summed E-state index contributed by atoms with van der Waals surface area (Å²) in [6.07, 6.45) is 0. The van der Waals surface area contributed by atoms with Crippen LogP contribution in [0, 0.1) is 0 Å². The van der Waals surface area contributed by atoms with E-state index in [-0.39, 0.29) is 0 Å². The van der Waals surface area contributed by atoms with Crippen LogP contribution < -0.4 is 15.2 Å². The molecule has 0 spiro atoms. The minimum absolute atomic E-state index is 0.517. The fraction of sp³-hybridized carbons (Fsp3) is 0.364. The normalized spacial score (nSPS) is 11.8. The SMILES string of the molecule is COC(=O)[C@H](N)c1cc(OC)c(Br)c(OC)c1. The van der Waals surface area contributed by atoms with Crippen LogP contribution in [0.5, 0.6) is 11.5 Å². The van der Waals surface area contributed by atoms with Gasteiger partial charge in [0.2, 0.25) is 0 Å². The van der Waals surface area contributed by atoms with E-state index in [1.54, 1.807) is 12.1 Å². The topological polar surface area (TPSA) is 70.8 Å². The van der Waals surface area contributed by atoms with Crippen molar-refractivity contribution in [1.29, 1.82) is 0 Å². The van der Waals surface area contributed by atoms with Crippen LogP contribution in [-0.4, -0.2) is 27.3 Å². The van der Waals surface area contributed by atoms with Crippen molar-refractivity contribution in [1.82, 2.24) is 0 Å². The van der Waals surface area contributed by atoms with Gasteiger partial charge in [0, 0.05) is 0 Å². The van der Waals surface area contributed by atoms with Crippen molar-refractivity contribution in [2.24, 2.45) is 5.73 Å². The third kappa shape index (κ3) is 2.89. The Labute approximate surface area is 108 Å². The average Bonchev–Trinajstić information content (AvgIpc) is 2.37. The molecule has 0 amide bonds. The molecule has 1 aromatic carbocycles. The third-order valence-corrected chi connectivity index (χ3v) is 3.06. The smallest absolute Gasteiger partial charge is 0.327 e. The van der Waals surface area contributed by atoms with Gasteiger partial charge in [-0.1, -0.05) is 0 Å². The molecule has 0 saturated heterocycles. The van der Waals surface area contributed by atoms with Crippen molar-refractivity contribution in [3.63, 3.8) is 0 Å². The lowest BCUT2D eigenvalue weighted by atomic mass is 10.1. The highest BCUT2D eigenvalue weighted by Crippen LogP contribution is 2.37. The Balaban J connectivity index is 3.21. The van der Waals surface area contributed by atoms with E-state index in [0.29, 0.717) is 21.5 Å². The second-order valence-electron chi connectivity index (χ2n) is 3.24. The van der Waals surface area contributed by atoms with Gasteiger partial charge in [-0.3, -0.25) is 4.79 Å². The molecule has 2 N–H and O–H groups in total. The lowest BCUT2D eigenvalue weighted by Gasteiger charge is -2.14. The van der Waals surface area contributed by atoms with Crippen LogP contribution in [0.25, 0.3) is 0 Å². The summed E-state index contributed by atoms with van der Waals surface area (Å²) in [6.45, 7) is 0. The summed E-state index contributed by atoms with van der Waals surface area (Å²) in [7, 11) is 4.33. The molecule has 1 aromatic rings. The summed E-state index contributed by atoms with van der Waals surface area (Å²) >= 11 is 3.33. The van der Waals surface area contributed by atoms with Gasteiger partial charge in [-0.25, -0.2) is 0 Å². The van der Waals surface area contributed by atoms with E-state index in [2.05, 4.69) is 20.7 Å². The largest absolute Gasteiger partial charge is 0.495 e. The number of methoxy groups -OCH3 is 3. The van der Waals surface area contributed by atoms with Crippen LogP contribution in [0.3, 0.4) is 0 Å². The molecule has 17 heavy (non-hydrogen) atoms. The molecule has 1 atom stereocenters. The summed E-state index contributed by atoms with van der Waals surface area (Å²) in [6, 6.07) is 2.46. The van der Waals surface area contributed by atoms with Gasteiger partial charge in [-0.15, -0.1) is 0 Å². The zero-order chi connectivity index (χ0) is 13.0. The van der Waals surface area contributed by atoms with Crippen LogP contribution in [0.2, 0.25) is 0 Å². The molecule has 0 bridgehead atoms. The number of carbonyl (C=O) groups is 1. The Bertz CT molecular complexity index is 397. The molecular weight excluding hydrogens is 290 g/mol. The lowest BCUT2D eigenvalue weighted by Crippen LogP contribution is -2.22. The van der Waals surface area contributed by atoms with Crippen LogP contribution in [0.15, 0.2) is 16.6 Å². The second-order valence-corrected chi connectivity index (χ2v) is 4.03. The molecule has 0 fully saturated rings. The fourth-order valence-electron chi connectivity index (χ4n) is 1.33. The Morgan fingerprint density at radius 1 is 1.24 bits per heavy atom. The van der Waals surface area contributed by atoms with Gasteiger partial charge in [0.25, 0.3) is 0 Å². The highest BCUT2D eigenvalue weighted by Gasteiger charge is 2.20. The number of benzene rings is 1. The van der Waals surface area contributed by atoms with E-state index in [0.717, 1.165) is 0 Å². The minimum atomic E-state index is -0.865. The predicted molar refractivity (Wildman–Crippen MR) is 66.2 cm³/mol. The fourth-order valence-corrected chi connectivity index (χ4v) is 1.88. The van der Waals surface area contributed by atoms with Gasteiger partial charge < -0.3 is 19.9 Å². The molecule has 94 valence electrons. The second kappa shape index (κ2) is 5.88. The summed E-state index contributed by atoms with van der Waals surface area (Å²) in [5.41, 5.74) is 6.31. The van der Waals surface area contributed by atoms with Crippen molar-refractivity contribution in [3.8, 4) is 11.5 Å². The van der Waals surface area contributed by atoms with Gasteiger partial charge in [-0.2, -0.15) is 0 Å². The number of rotatable bonds is 4. The zero-order valence-corrected chi connectivity index (χ0v) is 11.4. The molecule has 0 radical (unpaired) electrons. The van der Waals surface area contributed by atoms with Crippen LogP contribution >= 0.6 is 15.9 Å². The zero-order valence-electron chi connectivity index (χ0n) is 9.82. The van der Waals surface area contributed by atoms with Crippen molar-refractivity contribution in [2.45, 2.75) is 6.04 Å². The molecule has 5 nitrogen and oxygen atoms in total. The van der Waals surface area contributed by atoms with E-state index < -0.39 is 12.0 Å². The Morgan fingerprint density at radius 2 is 1.71 bits per heavy atom. The quantitative estimate of drug-likeness (QED) is 0.856. The van der Waals surface area contributed by atoms with Crippen molar-refractivity contribution < 1.29 is 19.0 Å². The van der Waals surface area contributed by atoms with Crippen molar-refractivity contribution in [3.05, 3.63) is 22.2 Å². The summed E-state index contributed by atoms with van der Waals surface area (Å²) in [5, 5.41) is 0. The van der Waals surface area contributed by atoms with Gasteiger partial charge in [0.05, 0.1) is 21.3 Å². The first-order chi connectivity index (χ1) is 8.04. The molecule has 0 aliphatic heterocycles. The molecule has 1 rings (SSSR count). The Morgan fingerprint density at radius 3 is 2.06 bits per heavy atom. The third-order valence-electron chi connectivity index (χ3n) is 2.28. The van der Waals surface area contributed by atoms with Crippen molar-refractivity contribution >= 4 is 21.9 Å². The summed E-state index contributed by atoms with van der Waals surface area (Å²) < 4.78 is 15.6. The van der Waals surface area contributed by atoms with Crippen molar-refractivity contribution in [2.75, 3.05) is 21.3 Å². The molecule has 0 aliphatic carbocycles. The average molecular weight is 304 g/mol. The van der Waals surface area contributed by atoms with E-state index in [9.17, 15) is 4.79 Å². The van der Waals surface area contributed by atoms with E-state index in [1.807, 2.05) is 0 Å². The lowest BCUT2D eigenvalue weighted by molar-refractivity contribution is -0.142. The maximum Gasteiger partial charge on any atom is 0.327 e. The monoisotopic (exact) mass is 303 g/mol. The summed E-state index contributed by atoms with van der Waals surface area (Å²) in [4.78, 5) is 11.4. The number of ether oxygens (including phenoxy) is 3. The van der Waals surface area contributed by atoms with Gasteiger partial charge in [-0.05, 0) is 33.6 Å². The molecular formula is C11H14BrNO4. The van der Waals surface area contributed by atoms with Gasteiger partial charge in [0.15, 0.2) is 0 Å². The molecule has 0 aromatic heterocycles. The summed E-state index contributed by atoms with van der Waals surface area (Å²) in [5.74, 6) is 0.564. The standard InChI is InChI=1S/C11H14BrNO4/c1-15-7-4-6(10(13)11(14)17-3)5-8(16-2)9(7)12/h4-5,10H,13H2,1-3H3/t10-/m1/s1. The first-order valence-corrected chi connectivity index (χ1v) is 5.59. The first-order valence-electron chi connectivity index (χ1n) is 4.80. The number of halogens is 1. The van der Waals surface area contributed by atoms with Crippen LogP contribution in [-0.2, 0) is 9.53 Å².